The standard InChI is InChI=1S/C56H91O11P/c1-4-7-10-13-16-19-22-25-26-29-30-33-36-39-42-45-54(58)63-49-53(67-56(60)47-44-41-38-35-32-28-24-21-18-15-12-9-6-3)51-65-68(61,62)64-50-52(48-57)66-55(59)46-43-40-37-34-31-27-23-20-17-14-11-8-5-2/h7-12,16-21,25-28,31-32,52-53,57H,4-6,13-15,22-24,29-30,33-51H2,1-3H3,(H,61,62)/b10-7-,11-8-,12-9-,19-16-,20-17-,21-18-,26-25-,31-27-,32-28-. The first-order chi connectivity index (χ1) is 33.2. The van der Waals surface area contributed by atoms with Crippen LogP contribution in [0.25, 0.3) is 0 Å². The van der Waals surface area contributed by atoms with Gasteiger partial charge in [-0.1, -0.05) is 162 Å². The van der Waals surface area contributed by atoms with Crippen molar-refractivity contribution in [3.8, 4) is 0 Å². The molecule has 0 aliphatic rings. The minimum atomic E-state index is -4.77. The van der Waals surface area contributed by atoms with Gasteiger partial charge in [0.25, 0.3) is 0 Å². The Kier molecular flexibility index (Phi) is 46.7. The average molecular weight is 971 g/mol. The zero-order valence-corrected chi connectivity index (χ0v) is 43.2. The smallest absolute Gasteiger partial charge is 0.462 e. The van der Waals surface area contributed by atoms with E-state index >= 15 is 0 Å². The van der Waals surface area contributed by atoms with Crippen molar-refractivity contribution in [2.24, 2.45) is 0 Å². The number of rotatable bonds is 46. The van der Waals surface area contributed by atoms with Crippen molar-refractivity contribution in [2.75, 3.05) is 26.4 Å². The summed E-state index contributed by atoms with van der Waals surface area (Å²) in [5.74, 6) is -1.57. The number of allylic oxidation sites excluding steroid dienone is 18. The van der Waals surface area contributed by atoms with E-state index in [0.717, 1.165) is 128 Å². The largest absolute Gasteiger partial charge is 0.472 e. The van der Waals surface area contributed by atoms with Crippen LogP contribution in [-0.4, -0.2) is 66.5 Å². The maximum Gasteiger partial charge on any atom is 0.472 e. The molecule has 0 aromatic carbocycles. The maximum absolute atomic E-state index is 12.8. The molecule has 68 heavy (non-hydrogen) atoms. The van der Waals surface area contributed by atoms with Crippen molar-refractivity contribution in [3.63, 3.8) is 0 Å². The van der Waals surface area contributed by atoms with Crippen LogP contribution in [0, 0.1) is 0 Å². The number of unbranched alkanes of at least 4 members (excludes halogenated alkanes) is 11. The van der Waals surface area contributed by atoms with E-state index in [0.29, 0.717) is 19.3 Å². The highest BCUT2D eigenvalue weighted by molar-refractivity contribution is 7.47. The molecule has 0 aromatic rings. The molecule has 0 amide bonds. The first kappa shape index (κ1) is 64.1. The number of ether oxygens (including phenoxy) is 3. The second kappa shape index (κ2) is 49.6. The van der Waals surface area contributed by atoms with Gasteiger partial charge in [0.05, 0.1) is 19.8 Å². The Hall–Kier alpha value is -3.86. The molecule has 0 aliphatic carbocycles. The molecule has 3 unspecified atom stereocenters. The van der Waals surface area contributed by atoms with Crippen molar-refractivity contribution < 1.29 is 52.2 Å². The van der Waals surface area contributed by atoms with Crippen molar-refractivity contribution >= 4 is 25.7 Å². The highest BCUT2D eigenvalue weighted by Gasteiger charge is 2.28. The van der Waals surface area contributed by atoms with Crippen molar-refractivity contribution in [2.45, 2.75) is 200 Å². The van der Waals surface area contributed by atoms with E-state index in [-0.39, 0.29) is 25.9 Å². The number of hydrogen-bond donors (Lipinski definition) is 2. The molecule has 11 nitrogen and oxygen atoms in total. The van der Waals surface area contributed by atoms with E-state index in [4.69, 9.17) is 23.3 Å². The van der Waals surface area contributed by atoms with Crippen LogP contribution < -0.4 is 0 Å². The lowest BCUT2D eigenvalue weighted by atomic mass is 10.1. The van der Waals surface area contributed by atoms with E-state index < -0.39 is 57.8 Å². The van der Waals surface area contributed by atoms with E-state index in [9.17, 15) is 28.9 Å². The Bertz CT molecular complexity index is 1550. The van der Waals surface area contributed by atoms with Gasteiger partial charge in [0, 0.05) is 19.3 Å². The number of carbonyl (C=O) groups excluding carboxylic acids is 3. The van der Waals surface area contributed by atoms with Gasteiger partial charge in [-0.25, -0.2) is 4.57 Å². The Morgan fingerprint density at radius 1 is 0.412 bits per heavy atom. The summed E-state index contributed by atoms with van der Waals surface area (Å²) in [6, 6.07) is 0. The lowest BCUT2D eigenvalue weighted by molar-refractivity contribution is -0.161. The summed E-state index contributed by atoms with van der Waals surface area (Å²) in [6.45, 7) is 4.17. The second-order valence-electron chi connectivity index (χ2n) is 16.5. The van der Waals surface area contributed by atoms with Crippen LogP contribution in [0.1, 0.15) is 188 Å². The van der Waals surface area contributed by atoms with Crippen LogP contribution >= 0.6 is 7.82 Å². The molecule has 0 spiro atoms. The number of carbonyl (C=O) groups is 3. The van der Waals surface area contributed by atoms with Crippen LogP contribution in [0.5, 0.6) is 0 Å². The SMILES string of the molecule is CC/C=C\C/C=C\C/C=C\CCCCCCCC(=O)OCC(COP(=O)(O)OCC(CO)OC(=O)CCCCC/C=C\C/C=C\C/C=C\CC)OC(=O)CCCCC/C=C\C/C=C\C/C=C\CC. The lowest BCUT2D eigenvalue weighted by Gasteiger charge is -2.21. The molecule has 3 atom stereocenters. The lowest BCUT2D eigenvalue weighted by Crippen LogP contribution is -2.30. The topological polar surface area (TPSA) is 155 Å². The summed E-state index contributed by atoms with van der Waals surface area (Å²) in [5, 5.41) is 9.77. The fourth-order valence-electron chi connectivity index (χ4n) is 6.34. The number of phosphoric acid groups is 1. The third kappa shape index (κ3) is 47.2. The van der Waals surface area contributed by atoms with E-state index in [2.05, 4.69) is 130 Å². The summed E-state index contributed by atoms with van der Waals surface area (Å²) in [6.07, 6.45) is 57.8. The van der Waals surface area contributed by atoms with Crippen LogP contribution in [-0.2, 0) is 42.2 Å². The van der Waals surface area contributed by atoms with Crippen LogP contribution in [0.3, 0.4) is 0 Å². The molecule has 386 valence electrons. The molecule has 0 saturated heterocycles. The van der Waals surface area contributed by atoms with Crippen molar-refractivity contribution in [3.05, 3.63) is 109 Å². The minimum Gasteiger partial charge on any atom is -0.462 e. The summed E-state index contributed by atoms with van der Waals surface area (Å²) >= 11 is 0. The Morgan fingerprint density at radius 3 is 1.12 bits per heavy atom. The maximum atomic E-state index is 12.8. The molecule has 0 saturated carbocycles. The Balaban J connectivity index is 4.84. The monoisotopic (exact) mass is 971 g/mol. The van der Waals surface area contributed by atoms with Gasteiger partial charge in [-0.15, -0.1) is 0 Å². The third-order valence-corrected chi connectivity index (χ3v) is 11.1. The predicted molar refractivity (Wildman–Crippen MR) is 279 cm³/mol. The van der Waals surface area contributed by atoms with Crippen LogP contribution in [0.2, 0.25) is 0 Å². The average Bonchev–Trinajstić information content (AvgIpc) is 3.32. The van der Waals surface area contributed by atoms with Gasteiger partial charge in [-0.3, -0.25) is 23.4 Å². The van der Waals surface area contributed by atoms with Gasteiger partial charge < -0.3 is 24.2 Å². The van der Waals surface area contributed by atoms with Crippen molar-refractivity contribution in [1.29, 1.82) is 0 Å². The van der Waals surface area contributed by atoms with E-state index in [1.165, 1.54) is 0 Å². The molecule has 0 heterocycles. The molecule has 0 fully saturated rings. The molecular weight excluding hydrogens is 880 g/mol. The molecular formula is C56H91O11P. The van der Waals surface area contributed by atoms with E-state index in [1.54, 1.807) is 0 Å². The van der Waals surface area contributed by atoms with E-state index in [1.807, 2.05) is 0 Å². The first-order valence-corrected chi connectivity index (χ1v) is 27.3. The predicted octanol–water partition coefficient (Wildman–Crippen LogP) is 14.7. The van der Waals surface area contributed by atoms with Gasteiger partial charge in [0.15, 0.2) is 6.10 Å². The molecule has 0 aromatic heterocycles. The molecule has 0 radical (unpaired) electrons. The van der Waals surface area contributed by atoms with Crippen LogP contribution in [0.15, 0.2) is 109 Å². The second-order valence-corrected chi connectivity index (χ2v) is 18.0. The summed E-state index contributed by atoms with van der Waals surface area (Å²) < 4.78 is 39.3. The van der Waals surface area contributed by atoms with Crippen LogP contribution in [0.4, 0.5) is 0 Å². The number of aliphatic hydroxyl groups excluding tert-OH is 1. The number of esters is 3. The summed E-state index contributed by atoms with van der Waals surface area (Å²) in [7, 11) is -4.77. The Morgan fingerprint density at radius 2 is 0.721 bits per heavy atom. The number of phosphoric ester groups is 1. The van der Waals surface area contributed by atoms with Gasteiger partial charge in [0.1, 0.15) is 12.7 Å². The van der Waals surface area contributed by atoms with Gasteiger partial charge in [0.2, 0.25) is 0 Å². The third-order valence-electron chi connectivity index (χ3n) is 10.2. The quantitative estimate of drug-likeness (QED) is 0.0197. The zero-order valence-electron chi connectivity index (χ0n) is 42.3. The zero-order chi connectivity index (χ0) is 49.9. The highest BCUT2D eigenvalue weighted by Crippen LogP contribution is 2.43. The summed E-state index contributed by atoms with van der Waals surface area (Å²) in [5.41, 5.74) is 0. The van der Waals surface area contributed by atoms with Gasteiger partial charge >= 0.3 is 25.7 Å². The molecule has 0 aliphatic heterocycles. The first-order valence-electron chi connectivity index (χ1n) is 25.8. The molecule has 0 rings (SSSR count). The van der Waals surface area contributed by atoms with Gasteiger partial charge in [-0.2, -0.15) is 0 Å². The van der Waals surface area contributed by atoms with Gasteiger partial charge in [-0.05, 0) is 116 Å². The number of hydrogen-bond acceptors (Lipinski definition) is 10. The summed E-state index contributed by atoms with van der Waals surface area (Å²) in [4.78, 5) is 48.3. The molecule has 12 heteroatoms. The minimum absolute atomic E-state index is 0.120. The van der Waals surface area contributed by atoms with Crippen molar-refractivity contribution in [1.82, 2.24) is 0 Å². The molecule has 2 N–H and O–H groups in total. The number of aliphatic hydroxyl groups is 1. The fourth-order valence-corrected chi connectivity index (χ4v) is 7.12. The Labute approximate surface area is 412 Å². The molecule has 0 bridgehead atoms. The highest BCUT2D eigenvalue weighted by atomic mass is 31.2. The fraction of sp³-hybridized carbons (Fsp3) is 0.625. The normalized spacial score (nSPS) is 14.4.